The van der Waals surface area contributed by atoms with E-state index >= 15 is 0 Å². The molecule has 2 aliphatic carbocycles. The minimum atomic E-state index is -1.16. The van der Waals surface area contributed by atoms with Crippen molar-refractivity contribution in [1.82, 2.24) is 0 Å². The van der Waals surface area contributed by atoms with Gasteiger partial charge in [0.05, 0.1) is 11.5 Å². The van der Waals surface area contributed by atoms with Gasteiger partial charge in [0.25, 0.3) is 0 Å². The lowest BCUT2D eigenvalue weighted by atomic mass is 9.46. The number of aliphatic hydroxyl groups excluding tert-OH is 2. The number of carbonyl (C=O) groups is 2. The summed E-state index contributed by atoms with van der Waals surface area (Å²) < 4.78 is 0. The first-order valence-corrected chi connectivity index (χ1v) is 9.00. The van der Waals surface area contributed by atoms with E-state index in [1.165, 1.54) is 0 Å². The van der Waals surface area contributed by atoms with E-state index in [0.717, 1.165) is 18.4 Å². The van der Waals surface area contributed by atoms with Gasteiger partial charge in [0.15, 0.2) is 5.78 Å². The third kappa shape index (κ3) is 3.20. The van der Waals surface area contributed by atoms with Gasteiger partial charge in [-0.2, -0.15) is 0 Å². The fraction of sp³-hybridized carbons (Fsp3) is 0.700. The molecule has 0 radical (unpaired) electrons. The van der Waals surface area contributed by atoms with Gasteiger partial charge < -0.3 is 15.3 Å². The van der Waals surface area contributed by atoms with Crippen molar-refractivity contribution in [3.05, 3.63) is 24.3 Å². The molecule has 0 bridgehead atoms. The van der Waals surface area contributed by atoms with Gasteiger partial charge in [-0.15, -0.1) is 0 Å². The van der Waals surface area contributed by atoms with Crippen LogP contribution in [0.5, 0.6) is 0 Å². The van der Waals surface area contributed by atoms with Crippen molar-refractivity contribution >= 4 is 11.8 Å². The molecule has 140 valence electrons. The van der Waals surface area contributed by atoms with Crippen LogP contribution in [0.1, 0.15) is 52.4 Å². The van der Waals surface area contributed by atoms with Crippen LogP contribution in [0.4, 0.5) is 0 Å². The van der Waals surface area contributed by atoms with Crippen LogP contribution in [0.15, 0.2) is 24.3 Å². The number of rotatable bonds is 6. The second kappa shape index (κ2) is 7.04. The largest absolute Gasteiger partial charge is 0.481 e. The normalized spacial score (nSPS) is 38.1. The van der Waals surface area contributed by atoms with E-state index in [0.29, 0.717) is 31.3 Å². The molecule has 3 N–H and O–H groups in total. The molecule has 2 aliphatic rings. The van der Waals surface area contributed by atoms with E-state index in [1.54, 1.807) is 6.92 Å². The number of carboxylic acid groups (broad SMARTS) is 1. The van der Waals surface area contributed by atoms with Crippen molar-refractivity contribution in [3.8, 4) is 0 Å². The van der Waals surface area contributed by atoms with Gasteiger partial charge in [-0.1, -0.05) is 25.7 Å². The molecule has 0 aromatic rings. The van der Waals surface area contributed by atoms with Crippen LogP contribution in [-0.2, 0) is 9.59 Å². The van der Waals surface area contributed by atoms with Crippen molar-refractivity contribution in [2.45, 2.75) is 58.5 Å². The maximum atomic E-state index is 12.0. The lowest BCUT2D eigenvalue weighted by Gasteiger charge is -2.58. The van der Waals surface area contributed by atoms with Gasteiger partial charge >= 0.3 is 5.97 Å². The summed E-state index contributed by atoms with van der Waals surface area (Å²) in [7, 11) is 0. The van der Waals surface area contributed by atoms with Crippen LogP contribution in [0.2, 0.25) is 0 Å². The van der Waals surface area contributed by atoms with Crippen LogP contribution in [0.25, 0.3) is 0 Å². The van der Waals surface area contributed by atoms with Gasteiger partial charge in [0.2, 0.25) is 0 Å². The predicted molar refractivity (Wildman–Crippen MR) is 94.9 cm³/mol. The Balaban J connectivity index is 2.29. The molecular weight excluding hydrogens is 320 g/mol. The zero-order valence-corrected chi connectivity index (χ0v) is 15.3. The first-order chi connectivity index (χ1) is 11.6. The molecule has 5 atom stereocenters. The highest BCUT2D eigenvalue weighted by atomic mass is 16.4. The number of aliphatic carboxylic acids is 1. The van der Waals surface area contributed by atoms with E-state index < -0.39 is 24.1 Å². The highest BCUT2D eigenvalue weighted by Gasteiger charge is 2.60. The third-order valence-electron chi connectivity index (χ3n) is 6.95. The number of carboxylic acids is 1. The van der Waals surface area contributed by atoms with Crippen molar-refractivity contribution < 1.29 is 24.9 Å². The van der Waals surface area contributed by atoms with E-state index in [2.05, 4.69) is 20.1 Å². The van der Waals surface area contributed by atoms with E-state index in [9.17, 15) is 19.8 Å². The molecule has 2 saturated carbocycles. The maximum absolute atomic E-state index is 12.0. The molecule has 0 saturated heterocycles. The Morgan fingerprint density at radius 1 is 1.28 bits per heavy atom. The van der Waals surface area contributed by atoms with Gasteiger partial charge in [0.1, 0.15) is 6.61 Å². The number of fused-ring (bicyclic) bond motifs is 1. The zero-order valence-electron chi connectivity index (χ0n) is 15.3. The van der Waals surface area contributed by atoms with Crippen molar-refractivity contribution in [2.75, 3.05) is 6.61 Å². The average Bonchev–Trinajstić information content (AvgIpc) is 2.56. The van der Waals surface area contributed by atoms with Gasteiger partial charge in [0, 0.05) is 0 Å². The van der Waals surface area contributed by atoms with Crippen molar-refractivity contribution in [3.63, 3.8) is 0 Å². The summed E-state index contributed by atoms with van der Waals surface area (Å²) in [4.78, 5) is 23.6. The van der Waals surface area contributed by atoms with Gasteiger partial charge in [-0.05, 0) is 68.3 Å². The molecular formula is C20H30O5. The SMILES string of the molecule is C=C(CCC1C(=C)CCC2C1(C)CCC(O)C2(C)C(=O)O)C(=O)CO. The molecule has 0 aliphatic heterocycles. The van der Waals surface area contributed by atoms with Crippen LogP contribution in [0, 0.1) is 22.7 Å². The number of Topliss-reactive ketones (excluding diaryl/α,β-unsaturated/α-hetero) is 1. The topological polar surface area (TPSA) is 94.8 Å². The highest BCUT2D eigenvalue weighted by Crippen LogP contribution is 2.62. The number of aliphatic hydroxyl groups is 2. The molecule has 2 fully saturated rings. The Bertz CT molecular complexity index is 595. The molecule has 2 rings (SSSR count). The first-order valence-electron chi connectivity index (χ1n) is 9.00. The van der Waals surface area contributed by atoms with Crippen LogP contribution < -0.4 is 0 Å². The van der Waals surface area contributed by atoms with E-state index in [1.807, 2.05) is 0 Å². The summed E-state index contributed by atoms with van der Waals surface area (Å²) in [6, 6.07) is 0. The first kappa shape index (κ1) is 19.9. The summed E-state index contributed by atoms with van der Waals surface area (Å²) in [5.74, 6) is -1.35. The number of allylic oxidation sites excluding steroid dienone is 1. The molecule has 0 spiro atoms. The molecule has 5 nitrogen and oxygen atoms in total. The molecule has 0 aromatic carbocycles. The molecule has 5 unspecified atom stereocenters. The summed E-state index contributed by atoms with van der Waals surface area (Å²) in [6.07, 6.45) is 2.94. The van der Waals surface area contributed by atoms with Crippen LogP contribution >= 0.6 is 0 Å². The van der Waals surface area contributed by atoms with Crippen LogP contribution in [0.3, 0.4) is 0 Å². The number of carbonyl (C=O) groups excluding carboxylic acids is 1. The Morgan fingerprint density at radius 3 is 2.48 bits per heavy atom. The summed E-state index contributed by atoms with van der Waals surface area (Å²) in [5, 5.41) is 29.2. The maximum Gasteiger partial charge on any atom is 0.312 e. The van der Waals surface area contributed by atoms with Crippen LogP contribution in [-0.4, -0.2) is 39.8 Å². The lowest BCUT2D eigenvalue weighted by Crippen LogP contribution is -2.59. The molecule has 5 heteroatoms. The van der Waals surface area contributed by atoms with Crippen molar-refractivity contribution in [2.24, 2.45) is 22.7 Å². The Morgan fingerprint density at radius 2 is 1.92 bits per heavy atom. The lowest BCUT2D eigenvalue weighted by molar-refractivity contribution is -0.183. The van der Waals surface area contributed by atoms with Gasteiger partial charge in [-0.25, -0.2) is 0 Å². The monoisotopic (exact) mass is 350 g/mol. The minimum absolute atomic E-state index is 0.0840. The highest BCUT2D eigenvalue weighted by molar-refractivity contribution is 5.95. The number of ketones is 1. The summed E-state index contributed by atoms with van der Waals surface area (Å²) in [5.41, 5.74) is 0.0543. The Labute approximate surface area is 149 Å². The molecule has 0 heterocycles. The fourth-order valence-electron chi connectivity index (χ4n) is 5.25. The third-order valence-corrected chi connectivity index (χ3v) is 6.95. The minimum Gasteiger partial charge on any atom is -0.481 e. The molecule has 25 heavy (non-hydrogen) atoms. The molecule has 0 amide bonds. The van der Waals surface area contributed by atoms with E-state index in [4.69, 9.17) is 5.11 Å². The average molecular weight is 350 g/mol. The quantitative estimate of drug-likeness (QED) is 0.506. The van der Waals surface area contributed by atoms with Crippen molar-refractivity contribution in [1.29, 1.82) is 0 Å². The zero-order chi connectivity index (χ0) is 19.0. The second-order valence-corrected chi connectivity index (χ2v) is 8.17. The smallest absolute Gasteiger partial charge is 0.312 e. The summed E-state index contributed by atoms with van der Waals surface area (Å²) in [6.45, 7) is 11.2. The van der Waals surface area contributed by atoms with Gasteiger partial charge in [-0.3, -0.25) is 9.59 Å². The number of hydrogen-bond acceptors (Lipinski definition) is 4. The Kier molecular flexibility index (Phi) is 5.59. The number of hydrogen-bond donors (Lipinski definition) is 3. The second-order valence-electron chi connectivity index (χ2n) is 8.17. The predicted octanol–water partition coefficient (Wildman–Crippen LogP) is 2.72. The summed E-state index contributed by atoms with van der Waals surface area (Å²) >= 11 is 0. The van der Waals surface area contributed by atoms with E-state index in [-0.39, 0.29) is 23.0 Å². The molecule has 0 aromatic heterocycles. The standard InChI is InChI=1S/C20H30O5/c1-12-6-8-16-19(3,10-9-17(23)20(16,4)18(24)25)14(12)7-5-13(2)15(22)11-21/h14,16-17,21,23H,1-2,5-11H2,3-4H3,(H,24,25). The Hall–Kier alpha value is -1.46. The fourth-order valence-corrected chi connectivity index (χ4v) is 5.25.